The van der Waals surface area contributed by atoms with Crippen molar-refractivity contribution in [1.29, 1.82) is 0 Å². The van der Waals surface area contributed by atoms with Crippen LogP contribution in [0.4, 0.5) is 8.78 Å². The fourth-order valence-electron chi connectivity index (χ4n) is 0.289. The highest BCUT2D eigenvalue weighted by atomic mass is 127. The summed E-state index contributed by atoms with van der Waals surface area (Å²) in [5.74, 6) is -0.578. The molecule has 0 radical (unpaired) electrons. The summed E-state index contributed by atoms with van der Waals surface area (Å²) < 4.78 is 28.7. The van der Waals surface area contributed by atoms with Crippen molar-refractivity contribution in [3.8, 4) is 0 Å². The molecule has 0 bridgehead atoms. The van der Waals surface area contributed by atoms with Gasteiger partial charge in [-0.25, -0.2) is 0 Å². The van der Waals surface area contributed by atoms with E-state index >= 15 is 0 Å². The Labute approximate surface area is 89.6 Å². The molecule has 0 amide bonds. The van der Waals surface area contributed by atoms with Crippen molar-refractivity contribution in [2.75, 3.05) is 6.61 Å². The molecule has 0 atom stereocenters. The number of hydrogen-bond acceptors (Lipinski definition) is 3. The summed E-state index contributed by atoms with van der Waals surface area (Å²) in [6.45, 7) is -0.336. The van der Waals surface area contributed by atoms with Crippen molar-refractivity contribution in [3.05, 3.63) is 0 Å². The number of ether oxygens (including phenoxy) is 1. The fraction of sp³-hybridized carbons (Fsp3) is 0.750. The van der Waals surface area contributed by atoms with Gasteiger partial charge < -0.3 is 7.80 Å². The van der Waals surface area contributed by atoms with Gasteiger partial charge in [-0.3, -0.25) is 4.79 Å². The third-order valence-electron chi connectivity index (χ3n) is 0.658. The minimum absolute atomic E-state index is 0.165. The highest BCUT2D eigenvalue weighted by molar-refractivity contribution is 14.1. The second-order valence-corrected chi connectivity index (χ2v) is 3.19. The van der Waals surface area contributed by atoms with E-state index in [0.29, 0.717) is 0 Å². The van der Waals surface area contributed by atoms with Crippen LogP contribution in [0, 0.1) is 0 Å². The fourth-order valence-corrected chi connectivity index (χ4v) is 0.729. The zero-order valence-corrected chi connectivity index (χ0v) is 9.47. The van der Waals surface area contributed by atoms with E-state index in [1.165, 1.54) is 23.0 Å². The third kappa shape index (κ3) is 8.66. The predicted molar refractivity (Wildman–Crippen MR) is 49.6 cm³/mol. The lowest BCUT2D eigenvalue weighted by Gasteiger charge is -2.07. The van der Waals surface area contributed by atoms with Crippen LogP contribution in [-0.2, 0) is 12.6 Å². The third-order valence-corrected chi connectivity index (χ3v) is 1.46. The maximum atomic E-state index is 11.9. The summed E-state index contributed by atoms with van der Waals surface area (Å²) in [5, 5.41) is 0. The summed E-state index contributed by atoms with van der Waals surface area (Å²) in [7, 11) is 0. The SMILES string of the molecule is O=C(CCOC(F)(F)I)OI. The lowest BCUT2D eigenvalue weighted by molar-refractivity contribution is -0.153. The highest BCUT2D eigenvalue weighted by Crippen LogP contribution is 2.23. The summed E-state index contributed by atoms with van der Waals surface area (Å²) in [4.78, 5) is 10.3. The van der Waals surface area contributed by atoms with Crippen LogP contribution in [0.5, 0.6) is 0 Å². The van der Waals surface area contributed by atoms with E-state index < -0.39 is 10.1 Å². The van der Waals surface area contributed by atoms with Gasteiger partial charge in [0.15, 0.2) is 23.0 Å². The summed E-state index contributed by atoms with van der Waals surface area (Å²) >= 11 is 2.21. The number of carbonyl (C=O) groups excluding carboxylic acids is 1. The first kappa shape index (κ1) is 11.8. The number of hydrogen-bond donors (Lipinski definition) is 0. The second kappa shape index (κ2) is 5.41. The molecule has 0 spiro atoms. The molecule has 0 fully saturated rings. The topological polar surface area (TPSA) is 35.5 Å². The van der Waals surface area contributed by atoms with Gasteiger partial charge in [0.25, 0.3) is 0 Å². The molecule has 0 aliphatic carbocycles. The lowest BCUT2D eigenvalue weighted by atomic mass is 10.5. The molecule has 3 nitrogen and oxygen atoms in total. The van der Waals surface area contributed by atoms with Gasteiger partial charge >= 0.3 is 10.1 Å². The van der Waals surface area contributed by atoms with Crippen molar-refractivity contribution in [2.45, 2.75) is 10.5 Å². The van der Waals surface area contributed by atoms with Gasteiger partial charge in [0.05, 0.1) is 13.0 Å². The Morgan fingerprint density at radius 3 is 2.45 bits per heavy atom. The first-order valence-corrected chi connectivity index (χ1v) is 4.44. The molecule has 11 heavy (non-hydrogen) atoms. The summed E-state index contributed by atoms with van der Waals surface area (Å²) in [5.41, 5.74) is 0. The van der Waals surface area contributed by atoms with Crippen LogP contribution in [0.1, 0.15) is 6.42 Å². The summed E-state index contributed by atoms with van der Waals surface area (Å²) in [6.07, 6.45) is -0.165. The molecule has 0 aliphatic rings. The number of rotatable bonds is 4. The van der Waals surface area contributed by atoms with Crippen molar-refractivity contribution >= 4 is 51.6 Å². The highest BCUT2D eigenvalue weighted by Gasteiger charge is 2.24. The minimum atomic E-state index is -3.21. The van der Waals surface area contributed by atoms with Crippen LogP contribution in [0.2, 0.25) is 0 Å². The molecule has 0 aromatic rings. The normalized spacial score (nSPS) is 11.3. The lowest BCUT2D eigenvalue weighted by Crippen LogP contribution is -2.14. The molecule has 66 valence electrons. The average molecular weight is 392 g/mol. The standard InChI is InChI=1S/C4H4F2I2O3/c5-4(6,7)10-2-1-3(9)11-8/h1-2H2. The van der Waals surface area contributed by atoms with E-state index in [2.05, 4.69) is 7.80 Å². The molecule has 0 aromatic heterocycles. The number of halogens is 4. The van der Waals surface area contributed by atoms with E-state index in [0.717, 1.165) is 22.6 Å². The molecule has 0 rings (SSSR count). The molecular formula is C4H4F2I2O3. The Hall–Kier alpha value is 0.750. The Kier molecular flexibility index (Phi) is 5.77. The van der Waals surface area contributed by atoms with Gasteiger partial charge in [0.2, 0.25) is 0 Å². The Bertz CT molecular complexity index is 136. The van der Waals surface area contributed by atoms with E-state index in [-0.39, 0.29) is 13.0 Å². The van der Waals surface area contributed by atoms with E-state index in [9.17, 15) is 13.6 Å². The molecular weight excluding hydrogens is 388 g/mol. The smallest absolute Gasteiger partial charge is 0.394 e. The first-order chi connectivity index (χ1) is 4.95. The van der Waals surface area contributed by atoms with Crippen LogP contribution in [0.15, 0.2) is 0 Å². The predicted octanol–water partition coefficient (Wildman–Crippen LogP) is 2.27. The molecule has 7 heteroatoms. The monoisotopic (exact) mass is 392 g/mol. The largest absolute Gasteiger partial charge is 0.407 e. The molecule has 0 heterocycles. The van der Waals surface area contributed by atoms with Crippen LogP contribution < -0.4 is 0 Å². The van der Waals surface area contributed by atoms with E-state index in [1.807, 2.05) is 0 Å². The van der Waals surface area contributed by atoms with Crippen LogP contribution in [-0.4, -0.2) is 16.7 Å². The molecule has 0 unspecified atom stereocenters. The molecule has 0 aliphatic heterocycles. The van der Waals surface area contributed by atoms with Gasteiger partial charge in [0.1, 0.15) is 0 Å². The van der Waals surface area contributed by atoms with Gasteiger partial charge in [-0.15, -0.1) is 0 Å². The van der Waals surface area contributed by atoms with Gasteiger partial charge in [-0.05, 0) is 0 Å². The average Bonchev–Trinajstić information content (AvgIpc) is 1.85. The zero-order valence-electron chi connectivity index (χ0n) is 5.15. The second-order valence-electron chi connectivity index (χ2n) is 1.49. The van der Waals surface area contributed by atoms with Crippen molar-refractivity contribution in [2.24, 2.45) is 0 Å². The quantitative estimate of drug-likeness (QED) is 0.545. The minimum Gasteiger partial charge on any atom is -0.394 e. The Morgan fingerprint density at radius 1 is 1.55 bits per heavy atom. The molecule has 0 aromatic carbocycles. The van der Waals surface area contributed by atoms with Crippen molar-refractivity contribution in [3.63, 3.8) is 0 Å². The van der Waals surface area contributed by atoms with Crippen LogP contribution in [0.25, 0.3) is 0 Å². The number of alkyl halides is 3. The maximum Gasteiger partial charge on any atom is 0.407 e. The summed E-state index contributed by atoms with van der Waals surface area (Å²) in [6, 6.07) is 0. The van der Waals surface area contributed by atoms with Crippen molar-refractivity contribution in [1.82, 2.24) is 0 Å². The van der Waals surface area contributed by atoms with Gasteiger partial charge in [-0.1, -0.05) is 0 Å². The zero-order chi connectivity index (χ0) is 8.91. The molecule has 0 saturated heterocycles. The Balaban J connectivity index is 3.35. The van der Waals surface area contributed by atoms with Gasteiger partial charge in [-0.2, -0.15) is 8.78 Å². The van der Waals surface area contributed by atoms with Crippen LogP contribution >= 0.6 is 45.6 Å². The molecule has 0 saturated carbocycles. The maximum absolute atomic E-state index is 11.9. The Morgan fingerprint density at radius 2 is 2.09 bits per heavy atom. The molecule has 0 N–H and O–H groups in total. The van der Waals surface area contributed by atoms with Crippen LogP contribution in [0.3, 0.4) is 0 Å². The number of carbonyl (C=O) groups is 1. The van der Waals surface area contributed by atoms with E-state index in [4.69, 9.17) is 0 Å². The van der Waals surface area contributed by atoms with E-state index in [1.54, 1.807) is 0 Å². The first-order valence-electron chi connectivity index (χ1n) is 2.48. The van der Waals surface area contributed by atoms with Crippen molar-refractivity contribution < 1.29 is 21.4 Å². The van der Waals surface area contributed by atoms with Gasteiger partial charge in [0, 0.05) is 22.6 Å².